The molecular weight excluding hydrogens is 216 g/mol. The van der Waals surface area contributed by atoms with Gasteiger partial charge in [-0.3, -0.25) is 9.48 Å². The minimum atomic E-state index is 0.0572. The standard InChI is InChI=1S/C12H20N4O/c1-9-7-11(16(3)14-9)12(17)15(2)10-5-4-6-13-8-10/h7,10,13H,4-6,8H2,1-3H3. The number of hydrogen-bond acceptors (Lipinski definition) is 3. The molecule has 1 unspecified atom stereocenters. The Labute approximate surface area is 102 Å². The average molecular weight is 236 g/mol. The molecule has 1 aromatic rings. The van der Waals surface area contributed by atoms with Crippen LogP contribution < -0.4 is 5.32 Å². The molecule has 1 aromatic heterocycles. The summed E-state index contributed by atoms with van der Waals surface area (Å²) >= 11 is 0. The molecule has 1 amide bonds. The number of piperidine rings is 1. The van der Waals surface area contributed by atoms with Gasteiger partial charge in [-0.25, -0.2) is 0 Å². The molecule has 0 saturated carbocycles. The minimum absolute atomic E-state index is 0.0572. The van der Waals surface area contributed by atoms with Crippen LogP contribution in [0.2, 0.25) is 0 Å². The first-order chi connectivity index (χ1) is 8.09. The summed E-state index contributed by atoms with van der Waals surface area (Å²) in [5, 5.41) is 7.54. The van der Waals surface area contributed by atoms with E-state index in [1.807, 2.05) is 32.0 Å². The Morgan fingerprint density at radius 1 is 1.65 bits per heavy atom. The second kappa shape index (κ2) is 4.87. The first-order valence-corrected chi connectivity index (χ1v) is 6.08. The number of rotatable bonds is 2. The van der Waals surface area contributed by atoms with E-state index < -0.39 is 0 Å². The van der Waals surface area contributed by atoms with E-state index >= 15 is 0 Å². The van der Waals surface area contributed by atoms with Crippen molar-refractivity contribution in [2.24, 2.45) is 7.05 Å². The van der Waals surface area contributed by atoms with Crippen molar-refractivity contribution in [1.82, 2.24) is 20.0 Å². The zero-order valence-electron chi connectivity index (χ0n) is 10.7. The fourth-order valence-corrected chi connectivity index (χ4v) is 2.32. The molecule has 2 heterocycles. The lowest BCUT2D eigenvalue weighted by molar-refractivity contribution is 0.0697. The number of nitrogens with zero attached hydrogens (tertiary/aromatic N) is 3. The van der Waals surface area contributed by atoms with Crippen LogP contribution in [-0.4, -0.2) is 46.8 Å². The van der Waals surface area contributed by atoms with Gasteiger partial charge in [0.1, 0.15) is 5.69 Å². The number of nitrogens with one attached hydrogen (secondary N) is 1. The molecule has 0 aliphatic carbocycles. The summed E-state index contributed by atoms with van der Waals surface area (Å²) in [6.45, 7) is 3.85. The van der Waals surface area contributed by atoms with Gasteiger partial charge in [0.15, 0.2) is 0 Å². The zero-order valence-corrected chi connectivity index (χ0v) is 10.7. The highest BCUT2D eigenvalue weighted by Crippen LogP contribution is 2.13. The van der Waals surface area contributed by atoms with Gasteiger partial charge in [-0.2, -0.15) is 5.10 Å². The molecule has 1 N–H and O–H groups in total. The monoisotopic (exact) mass is 236 g/mol. The van der Waals surface area contributed by atoms with Crippen LogP contribution in [0.5, 0.6) is 0 Å². The first-order valence-electron chi connectivity index (χ1n) is 6.08. The van der Waals surface area contributed by atoms with Crippen LogP contribution >= 0.6 is 0 Å². The van der Waals surface area contributed by atoms with Crippen LogP contribution in [0.4, 0.5) is 0 Å². The molecule has 0 bridgehead atoms. The summed E-state index contributed by atoms with van der Waals surface area (Å²) in [5.41, 5.74) is 1.54. The Hall–Kier alpha value is -1.36. The van der Waals surface area contributed by atoms with Gasteiger partial charge in [0, 0.05) is 26.7 Å². The fourth-order valence-electron chi connectivity index (χ4n) is 2.32. The van der Waals surface area contributed by atoms with Crippen molar-refractivity contribution in [3.63, 3.8) is 0 Å². The predicted molar refractivity (Wildman–Crippen MR) is 65.9 cm³/mol. The number of carbonyl (C=O) groups is 1. The van der Waals surface area contributed by atoms with Gasteiger partial charge in [-0.15, -0.1) is 0 Å². The van der Waals surface area contributed by atoms with Crippen molar-refractivity contribution < 1.29 is 4.79 Å². The SMILES string of the molecule is Cc1cc(C(=O)N(C)C2CCCNC2)n(C)n1. The lowest BCUT2D eigenvalue weighted by Crippen LogP contribution is -2.47. The maximum absolute atomic E-state index is 12.3. The molecule has 1 atom stereocenters. The number of aromatic nitrogens is 2. The second-order valence-corrected chi connectivity index (χ2v) is 4.71. The van der Waals surface area contributed by atoms with E-state index in [1.165, 1.54) is 0 Å². The third-order valence-electron chi connectivity index (χ3n) is 3.36. The van der Waals surface area contributed by atoms with E-state index in [1.54, 1.807) is 4.68 Å². The molecule has 0 radical (unpaired) electrons. The van der Waals surface area contributed by atoms with Gasteiger partial charge in [0.2, 0.25) is 0 Å². The summed E-state index contributed by atoms with van der Waals surface area (Å²) in [6.07, 6.45) is 2.21. The highest BCUT2D eigenvalue weighted by atomic mass is 16.2. The quantitative estimate of drug-likeness (QED) is 0.816. The van der Waals surface area contributed by atoms with Crippen LogP contribution in [0, 0.1) is 6.92 Å². The van der Waals surface area contributed by atoms with Crippen LogP contribution in [0.1, 0.15) is 29.0 Å². The summed E-state index contributed by atoms with van der Waals surface area (Å²) in [4.78, 5) is 14.2. The molecule has 17 heavy (non-hydrogen) atoms. The van der Waals surface area contributed by atoms with E-state index in [9.17, 15) is 4.79 Å². The Kier molecular flexibility index (Phi) is 3.47. The van der Waals surface area contributed by atoms with E-state index in [4.69, 9.17) is 0 Å². The molecule has 1 aliphatic rings. The van der Waals surface area contributed by atoms with Crippen LogP contribution in [0.3, 0.4) is 0 Å². The normalized spacial score (nSPS) is 20.3. The molecular formula is C12H20N4O. The molecule has 5 heteroatoms. The van der Waals surface area contributed by atoms with Crippen molar-refractivity contribution >= 4 is 5.91 Å². The smallest absolute Gasteiger partial charge is 0.272 e. The van der Waals surface area contributed by atoms with Gasteiger partial charge in [-0.1, -0.05) is 0 Å². The lowest BCUT2D eigenvalue weighted by Gasteiger charge is -2.31. The summed E-state index contributed by atoms with van der Waals surface area (Å²) < 4.78 is 1.66. The Balaban J connectivity index is 2.11. The van der Waals surface area contributed by atoms with Crippen molar-refractivity contribution in [3.8, 4) is 0 Å². The Morgan fingerprint density at radius 2 is 2.41 bits per heavy atom. The maximum Gasteiger partial charge on any atom is 0.272 e. The summed E-state index contributed by atoms with van der Waals surface area (Å²) in [7, 11) is 3.69. The highest BCUT2D eigenvalue weighted by molar-refractivity contribution is 5.92. The van der Waals surface area contributed by atoms with Gasteiger partial charge in [0.05, 0.1) is 5.69 Å². The Morgan fingerprint density at radius 3 is 2.94 bits per heavy atom. The van der Waals surface area contributed by atoms with Crippen LogP contribution in [-0.2, 0) is 7.05 Å². The molecule has 0 spiro atoms. The van der Waals surface area contributed by atoms with Crippen molar-refractivity contribution in [2.75, 3.05) is 20.1 Å². The largest absolute Gasteiger partial charge is 0.336 e. The maximum atomic E-state index is 12.3. The fraction of sp³-hybridized carbons (Fsp3) is 0.667. The summed E-state index contributed by atoms with van der Waals surface area (Å²) in [5.74, 6) is 0.0572. The molecule has 0 aromatic carbocycles. The third-order valence-corrected chi connectivity index (χ3v) is 3.36. The average Bonchev–Trinajstić information content (AvgIpc) is 2.68. The van der Waals surface area contributed by atoms with E-state index in [-0.39, 0.29) is 5.91 Å². The number of amides is 1. The molecule has 2 rings (SSSR count). The third kappa shape index (κ3) is 2.49. The number of aryl methyl sites for hydroxylation is 2. The number of hydrogen-bond donors (Lipinski definition) is 1. The number of likely N-dealkylation sites (N-methyl/N-ethyl adjacent to an activating group) is 1. The van der Waals surface area contributed by atoms with Crippen molar-refractivity contribution in [2.45, 2.75) is 25.8 Å². The predicted octanol–water partition coefficient (Wildman–Crippen LogP) is 0.553. The van der Waals surface area contributed by atoms with E-state index in [0.29, 0.717) is 11.7 Å². The van der Waals surface area contributed by atoms with Gasteiger partial charge >= 0.3 is 0 Å². The highest BCUT2D eigenvalue weighted by Gasteiger charge is 2.24. The lowest BCUT2D eigenvalue weighted by atomic mass is 10.1. The van der Waals surface area contributed by atoms with Gasteiger partial charge in [-0.05, 0) is 32.4 Å². The van der Waals surface area contributed by atoms with Crippen molar-refractivity contribution in [3.05, 3.63) is 17.5 Å². The summed E-state index contributed by atoms with van der Waals surface area (Å²) in [6, 6.07) is 2.14. The van der Waals surface area contributed by atoms with Crippen LogP contribution in [0.15, 0.2) is 6.07 Å². The van der Waals surface area contributed by atoms with Gasteiger partial charge < -0.3 is 10.2 Å². The van der Waals surface area contributed by atoms with Gasteiger partial charge in [0.25, 0.3) is 5.91 Å². The molecule has 1 saturated heterocycles. The second-order valence-electron chi connectivity index (χ2n) is 4.71. The Bertz CT molecular complexity index is 407. The molecule has 1 fully saturated rings. The van der Waals surface area contributed by atoms with Crippen LogP contribution in [0.25, 0.3) is 0 Å². The topological polar surface area (TPSA) is 50.2 Å². The molecule has 5 nitrogen and oxygen atoms in total. The zero-order chi connectivity index (χ0) is 12.4. The first kappa shape index (κ1) is 12.1. The minimum Gasteiger partial charge on any atom is -0.336 e. The molecule has 1 aliphatic heterocycles. The van der Waals surface area contributed by atoms with E-state index in [0.717, 1.165) is 31.6 Å². The van der Waals surface area contributed by atoms with Crippen molar-refractivity contribution in [1.29, 1.82) is 0 Å². The molecule has 94 valence electrons. The number of carbonyl (C=O) groups excluding carboxylic acids is 1. The van der Waals surface area contributed by atoms with E-state index in [2.05, 4.69) is 10.4 Å².